The van der Waals surface area contributed by atoms with Gasteiger partial charge < -0.3 is 9.64 Å². The van der Waals surface area contributed by atoms with Gasteiger partial charge in [0.1, 0.15) is 0 Å². The molecule has 2 aliphatic heterocycles. The monoisotopic (exact) mass is 354 g/mol. The van der Waals surface area contributed by atoms with Gasteiger partial charge in [-0.2, -0.15) is 0 Å². The highest BCUT2D eigenvalue weighted by molar-refractivity contribution is 8.17. The normalized spacial score (nSPS) is 22.6. The van der Waals surface area contributed by atoms with Crippen LogP contribution in [0.15, 0.2) is 51.1 Å². The van der Waals surface area contributed by atoms with Gasteiger partial charge in [-0.3, -0.25) is 0 Å². The zero-order valence-electron chi connectivity index (χ0n) is 14.8. The van der Waals surface area contributed by atoms with Gasteiger partial charge >= 0.3 is 5.97 Å². The van der Waals surface area contributed by atoms with Crippen LogP contribution in [0.5, 0.6) is 0 Å². The van der Waals surface area contributed by atoms with Crippen molar-refractivity contribution >= 4 is 22.9 Å². The van der Waals surface area contributed by atoms with Crippen LogP contribution < -0.4 is 0 Å². The number of ether oxygens (including phenoxy) is 1. The Morgan fingerprint density at radius 2 is 1.92 bits per heavy atom. The molecular formula is C20H22N2O2S. The minimum absolute atomic E-state index is 0.154. The van der Waals surface area contributed by atoms with Crippen LogP contribution in [0.3, 0.4) is 0 Å². The van der Waals surface area contributed by atoms with Crippen molar-refractivity contribution < 1.29 is 9.53 Å². The highest BCUT2D eigenvalue weighted by Gasteiger charge is 2.43. The maximum absolute atomic E-state index is 12.6. The Hall–Kier alpha value is -2.01. The molecule has 25 heavy (non-hydrogen) atoms. The lowest BCUT2D eigenvalue weighted by atomic mass is 9.92. The summed E-state index contributed by atoms with van der Waals surface area (Å²) in [4.78, 5) is 21.0. The highest BCUT2D eigenvalue weighted by atomic mass is 32.2. The van der Waals surface area contributed by atoms with Gasteiger partial charge in [0.2, 0.25) is 0 Å². The number of fused-ring (bicyclic) bond motifs is 2. The molecule has 0 saturated heterocycles. The van der Waals surface area contributed by atoms with Crippen LogP contribution >= 0.6 is 11.8 Å². The summed E-state index contributed by atoms with van der Waals surface area (Å²) in [6.45, 7) is 3.99. The van der Waals surface area contributed by atoms with Crippen LogP contribution in [0.4, 0.5) is 0 Å². The second-order valence-electron chi connectivity index (χ2n) is 6.75. The van der Waals surface area contributed by atoms with Gasteiger partial charge in [0, 0.05) is 10.6 Å². The number of aryl methyl sites for hydroxylation is 1. The van der Waals surface area contributed by atoms with Gasteiger partial charge in [0.05, 0.1) is 24.4 Å². The number of thioether (sulfide) groups is 1. The van der Waals surface area contributed by atoms with Crippen molar-refractivity contribution in [3.8, 4) is 0 Å². The lowest BCUT2D eigenvalue weighted by Crippen LogP contribution is -2.36. The fourth-order valence-corrected chi connectivity index (χ4v) is 5.09. The molecule has 1 unspecified atom stereocenters. The van der Waals surface area contributed by atoms with Gasteiger partial charge in [-0.25, -0.2) is 9.79 Å². The average molecular weight is 354 g/mol. The van der Waals surface area contributed by atoms with Gasteiger partial charge in [-0.15, -0.1) is 0 Å². The smallest absolute Gasteiger partial charge is 0.338 e. The van der Waals surface area contributed by atoms with E-state index in [1.165, 1.54) is 36.1 Å². The molecule has 0 N–H and O–H groups in total. The van der Waals surface area contributed by atoms with Crippen LogP contribution in [0.25, 0.3) is 0 Å². The summed E-state index contributed by atoms with van der Waals surface area (Å²) in [6.07, 6.45) is 4.60. The second kappa shape index (κ2) is 6.37. The fraction of sp³-hybridized carbons (Fsp3) is 0.400. The topological polar surface area (TPSA) is 41.9 Å². The number of allylic oxidation sites excluding steroid dienone is 3. The van der Waals surface area contributed by atoms with Gasteiger partial charge in [0.15, 0.2) is 5.17 Å². The maximum Gasteiger partial charge on any atom is 0.338 e. The lowest BCUT2D eigenvalue weighted by molar-refractivity contribution is -0.136. The van der Waals surface area contributed by atoms with Crippen LogP contribution in [-0.4, -0.2) is 23.1 Å². The molecule has 1 aromatic carbocycles. The van der Waals surface area contributed by atoms with Crippen molar-refractivity contribution in [1.82, 2.24) is 4.90 Å². The first-order chi connectivity index (χ1) is 12.1. The third kappa shape index (κ3) is 2.71. The Balaban J connectivity index is 1.87. The van der Waals surface area contributed by atoms with Crippen LogP contribution in [-0.2, 0) is 9.53 Å². The lowest BCUT2D eigenvalue weighted by Gasteiger charge is -2.36. The molecule has 0 amide bonds. The molecular weight excluding hydrogens is 332 g/mol. The number of nitrogens with zero attached hydrogens (tertiary/aromatic N) is 2. The summed E-state index contributed by atoms with van der Waals surface area (Å²) in [5.41, 5.74) is 5.07. The van der Waals surface area contributed by atoms with Gasteiger partial charge in [-0.1, -0.05) is 41.6 Å². The maximum atomic E-state index is 12.6. The molecule has 0 radical (unpaired) electrons. The minimum Gasteiger partial charge on any atom is -0.466 e. The van der Waals surface area contributed by atoms with Crippen molar-refractivity contribution in [3.05, 3.63) is 57.3 Å². The first-order valence-electron chi connectivity index (χ1n) is 8.73. The molecule has 0 fully saturated rings. The Labute approximate surface area is 152 Å². The van der Waals surface area contributed by atoms with E-state index in [1.54, 1.807) is 11.8 Å². The minimum atomic E-state index is -0.291. The number of carbonyl (C=O) groups is 1. The van der Waals surface area contributed by atoms with Crippen LogP contribution in [0, 0.1) is 6.92 Å². The summed E-state index contributed by atoms with van der Waals surface area (Å²) in [6, 6.07) is 8.28. The fourth-order valence-electron chi connectivity index (χ4n) is 3.81. The van der Waals surface area contributed by atoms with E-state index >= 15 is 0 Å². The predicted octanol–water partition coefficient (Wildman–Crippen LogP) is 4.69. The number of amidine groups is 1. The summed E-state index contributed by atoms with van der Waals surface area (Å²) in [5.74, 6) is -0.291. The average Bonchev–Trinajstić information content (AvgIpc) is 2.98. The Morgan fingerprint density at radius 1 is 1.20 bits per heavy atom. The number of esters is 1. The number of benzene rings is 1. The second-order valence-corrected chi connectivity index (χ2v) is 7.81. The number of carbonyl (C=O) groups excluding carboxylic acids is 1. The molecule has 3 aliphatic rings. The Kier molecular flexibility index (Phi) is 4.20. The molecule has 1 aliphatic carbocycles. The van der Waals surface area contributed by atoms with Crippen molar-refractivity contribution in [2.24, 2.45) is 4.99 Å². The highest BCUT2D eigenvalue weighted by Crippen LogP contribution is 2.50. The zero-order chi connectivity index (χ0) is 17.6. The SMILES string of the molecule is COC(=O)C1=C(C)N=C2SC3=C(CCCC3)N2C1c1ccc(C)cc1. The summed E-state index contributed by atoms with van der Waals surface area (Å²) in [7, 11) is 1.44. The number of rotatable bonds is 2. The van der Waals surface area contributed by atoms with Crippen molar-refractivity contribution in [1.29, 1.82) is 0 Å². The molecule has 1 atom stereocenters. The van der Waals surface area contributed by atoms with E-state index in [0.29, 0.717) is 5.57 Å². The van der Waals surface area contributed by atoms with Crippen molar-refractivity contribution in [2.45, 2.75) is 45.6 Å². The largest absolute Gasteiger partial charge is 0.466 e. The van der Waals surface area contributed by atoms with Crippen molar-refractivity contribution in [2.75, 3.05) is 7.11 Å². The number of aliphatic imine (C=N–C) groups is 1. The van der Waals surface area contributed by atoms with Crippen LogP contribution in [0.2, 0.25) is 0 Å². The van der Waals surface area contributed by atoms with Gasteiger partial charge in [-0.05, 0) is 45.1 Å². The summed E-state index contributed by atoms with van der Waals surface area (Å²) >= 11 is 1.77. The zero-order valence-corrected chi connectivity index (χ0v) is 15.7. The van der Waals surface area contributed by atoms with E-state index < -0.39 is 0 Å². The molecule has 4 nitrogen and oxygen atoms in total. The number of methoxy groups -OCH3 is 1. The van der Waals surface area contributed by atoms with E-state index in [4.69, 9.17) is 9.73 Å². The van der Waals surface area contributed by atoms with Crippen molar-refractivity contribution in [3.63, 3.8) is 0 Å². The third-order valence-corrected chi connectivity index (χ3v) is 6.24. The van der Waals surface area contributed by atoms with E-state index in [9.17, 15) is 4.79 Å². The third-order valence-electron chi connectivity index (χ3n) is 5.08. The summed E-state index contributed by atoms with van der Waals surface area (Å²) < 4.78 is 5.10. The molecule has 130 valence electrons. The van der Waals surface area contributed by atoms with Gasteiger partial charge in [0.25, 0.3) is 0 Å². The quantitative estimate of drug-likeness (QED) is 0.723. The number of hydrogen-bond acceptors (Lipinski definition) is 5. The molecule has 0 saturated carbocycles. The summed E-state index contributed by atoms with van der Waals surface area (Å²) in [5, 5.41) is 1.00. The first kappa shape index (κ1) is 16.5. The number of hydrogen-bond donors (Lipinski definition) is 0. The molecule has 0 aromatic heterocycles. The van der Waals surface area contributed by atoms with Crippen LogP contribution in [0.1, 0.15) is 49.8 Å². The first-order valence-corrected chi connectivity index (χ1v) is 9.55. The van der Waals surface area contributed by atoms with E-state index in [2.05, 4.69) is 36.1 Å². The molecule has 1 aromatic rings. The van der Waals surface area contributed by atoms with E-state index in [0.717, 1.165) is 29.3 Å². The Bertz CT molecular complexity index is 821. The molecule has 4 rings (SSSR count). The predicted molar refractivity (Wildman–Crippen MR) is 101 cm³/mol. The van der Waals surface area contributed by atoms with E-state index in [1.807, 2.05) is 6.92 Å². The standard InChI is InChI=1S/C20H22N2O2S/c1-12-8-10-14(11-9-12)18-17(19(23)24-3)13(2)21-20-22(18)15-6-4-5-7-16(15)25-20/h8-11,18H,4-7H2,1-3H3. The molecule has 5 heteroatoms. The molecule has 2 heterocycles. The molecule has 0 spiro atoms. The Morgan fingerprint density at radius 3 is 2.64 bits per heavy atom. The molecule has 0 bridgehead atoms. The van der Waals surface area contributed by atoms with E-state index in [-0.39, 0.29) is 12.0 Å².